The van der Waals surface area contributed by atoms with Crippen LogP contribution >= 0.6 is 15.9 Å². The van der Waals surface area contributed by atoms with E-state index in [2.05, 4.69) is 31.1 Å². The van der Waals surface area contributed by atoms with Crippen LogP contribution in [0, 0.1) is 0 Å². The van der Waals surface area contributed by atoms with Crippen molar-refractivity contribution in [2.45, 2.75) is 13.0 Å². The van der Waals surface area contributed by atoms with Gasteiger partial charge in [0.15, 0.2) is 0 Å². The molecule has 0 saturated heterocycles. The zero-order valence-electron chi connectivity index (χ0n) is 11.2. The molecule has 0 aliphatic rings. The van der Waals surface area contributed by atoms with Gasteiger partial charge in [-0.05, 0) is 39.2 Å². The maximum atomic E-state index is 5.73. The van der Waals surface area contributed by atoms with Crippen LogP contribution in [0.3, 0.4) is 0 Å². The van der Waals surface area contributed by atoms with Crippen LogP contribution in [0.4, 0.5) is 0 Å². The number of benzene rings is 1. The van der Waals surface area contributed by atoms with Crippen LogP contribution in [0.25, 0.3) is 11.5 Å². The Labute approximate surface area is 130 Å². The van der Waals surface area contributed by atoms with Crippen LogP contribution in [0.15, 0.2) is 51.6 Å². The van der Waals surface area contributed by atoms with Gasteiger partial charge < -0.3 is 10.3 Å². The summed E-state index contributed by atoms with van der Waals surface area (Å²) in [6, 6.07) is 11.7. The zero-order valence-corrected chi connectivity index (χ0v) is 12.7. The number of nitrogens with zero attached hydrogens (tertiary/aromatic N) is 3. The number of hydrogen-bond acceptors (Lipinski definition) is 5. The monoisotopic (exact) mass is 344 g/mol. The Morgan fingerprint density at radius 1 is 1.10 bits per heavy atom. The minimum atomic E-state index is 0.489. The molecular weight excluding hydrogens is 332 g/mol. The second-order valence-electron chi connectivity index (χ2n) is 4.52. The second kappa shape index (κ2) is 6.15. The lowest BCUT2D eigenvalue weighted by Gasteiger charge is -2.03. The molecule has 21 heavy (non-hydrogen) atoms. The molecule has 0 amide bonds. The number of hydrogen-bond donors (Lipinski definition) is 1. The fourth-order valence-corrected chi connectivity index (χ4v) is 2.27. The zero-order chi connectivity index (χ0) is 14.7. The summed E-state index contributed by atoms with van der Waals surface area (Å²) in [6.07, 6.45) is 2.27. The third-order valence-corrected chi connectivity index (χ3v) is 3.57. The van der Waals surface area contributed by atoms with E-state index in [1.807, 2.05) is 36.4 Å². The average molecular weight is 345 g/mol. The van der Waals surface area contributed by atoms with E-state index in [9.17, 15) is 0 Å². The largest absolute Gasteiger partial charge is 0.339 e. The Hall–Kier alpha value is -2.05. The molecule has 6 heteroatoms. The molecule has 0 fully saturated rings. The van der Waals surface area contributed by atoms with Crippen molar-refractivity contribution in [2.24, 2.45) is 5.73 Å². The molecule has 5 nitrogen and oxygen atoms in total. The summed E-state index contributed by atoms with van der Waals surface area (Å²) in [5.41, 5.74) is 8.59. The minimum Gasteiger partial charge on any atom is -0.339 e. The van der Waals surface area contributed by atoms with Gasteiger partial charge in [-0.1, -0.05) is 29.4 Å². The smallest absolute Gasteiger partial charge is 0.231 e. The highest BCUT2D eigenvalue weighted by Gasteiger charge is 2.11. The number of aromatic nitrogens is 3. The van der Waals surface area contributed by atoms with E-state index < -0.39 is 0 Å². The molecule has 106 valence electrons. The Kier molecular flexibility index (Phi) is 4.08. The molecule has 0 unspecified atom stereocenters. The third-order valence-electron chi connectivity index (χ3n) is 3.10. The first-order chi connectivity index (χ1) is 10.3. The van der Waals surface area contributed by atoms with Crippen molar-refractivity contribution in [2.75, 3.05) is 0 Å². The van der Waals surface area contributed by atoms with E-state index >= 15 is 0 Å². The summed E-state index contributed by atoms with van der Waals surface area (Å²) in [7, 11) is 0. The van der Waals surface area contributed by atoms with Crippen molar-refractivity contribution < 1.29 is 4.52 Å². The average Bonchev–Trinajstić information content (AvgIpc) is 2.97. The highest BCUT2D eigenvalue weighted by atomic mass is 79.9. The van der Waals surface area contributed by atoms with Gasteiger partial charge in [0.1, 0.15) is 5.69 Å². The van der Waals surface area contributed by atoms with Gasteiger partial charge in [-0.15, -0.1) is 0 Å². The first-order valence-corrected chi connectivity index (χ1v) is 7.27. The van der Waals surface area contributed by atoms with Crippen molar-refractivity contribution in [1.29, 1.82) is 0 Å². The molecule has 0 atom stereocenters. The number of pyridine rings is 1. The minimum absolute atomic E-state index is 0.489. The van der Waals surface area contributed by atoms with Crippen molar-refractivity contribution in [3.63, 3.8) is 0 Å². The van der Waals surface area contributed by atoms with E-state index in [4.69, 9.17) is 10.3 Å². The molecule has 0 bridgehead atoms. The van der Waals surface area contributed by atoms with Crippen LogP contribution in [0.5, 0.6) is 0 Å². The molecule has 2 N–H and O–H groups in total. The number of halogens is 1. The lowest BCUT2D eigenvalue weighted by molar-refractivity contribution is 0.385. The van der Waals surface area contributed by atoms with Crippen LogP contribution in [-0.2, 0) is 13.0 Å². The highest BCUT2D eigenvalue weighted by Crippen LogP contribution is 2.18. The van der Waals surface area contributed by atoms with Crippen molar-refractivity contribution in [1.82, 2.24) is 15.1 Å². The molecule has 2 aromatic heterocycles. The lowest BCUT2D eigenvalue weighted by Crippen LogP contribution is -2.02. The van der Waals surface area contributed by atoms with Gasteiger partial charge >= 0.3 is 0 Å². The molecule has 0 aliphatic heterocycles. The lowest BCUT2D eigenvalue weighted by atomic mass is 10.0. The quantitative estimate of drug-likeness (QED) is 0.787. The van der Waals surface area contributed by atoms with Gasteiger partial charge in [0, 0.05) is 17.2 Å². The van der Waals surface area contributed by atoms with E-state index in [1.54, 1.807) is 6.20 Å². The maximum Gasteiger partial charge on any atom is 0.231 e. The molecule has 0 saturated carbocycles. The fraction of sp³-hybridized carbons (Fsp3) is 0.133. The summed E-state index contributed by atoms with van der Waals surface area (Å²) in [4.78, 5) is 8.64. The van der Waals surface area contributed by atoms with E-state index in [-0.39, 0.29) is 0 Å². The summed E-state index contributed by atoms with van der Waals surface area (Å²) >= 11 is 3.34. The van der Waals surface area contributed by atoms with Gasteiger partial charge in [-0.3, -0.25) is 4.98 Å². The third kappa shape index (κ3) is 3.17. The second-order valence-corrected chi connectivity index (χ2v) is 5.44. The topological polar surface area (TPSA) is 77.8 Å². The van der Waals surface area contributed by atoms with Gasteiger partial charge in [0.25, 0.3) is 0 Å². The fourth-order valence-electron chi connectivity index (χ4n) is 2.03. The summed E-state index contributed by atoms with van der Waals surface area (Å²) < 4.78 is 6.21. The van der Waals surface area contributed by atoms with E-state index in [0.717, 1.165) is 15.6 Å². The highest BCUT2D eigenvalue weighted by molar-refractivity contribution is 9.10. The number of nitrogens with two attached hydrogens (primary N) is 1. The Balaban J connectivity index is 1.83. The Bertz CT molecular complexity index is 739. The number of rotatable bonds is 4. The molecular formula is C15H13BrN4O. The van der Waals surface area contributed by atoms with Crippen LogP contribution in [-0.4, -0.2) is 15.1 Å². The van der Waals surface area contributed by atoms with Crippen LogP contribution < -0.4 is 5.73 Å². The Morgan fingerprint density at radius 3 is 2.62 bits per heavy atom. The first kappa shape index (κ1) is 13.9. The van der Waals surface area contributed by atoms with Crippen LogP contribution in [0.1, 0.15) is 17.0 Å². The molecule has 0 spiro atoms. The molecule has 2 heterocycles. The predicted octanol–water partition coefficient (Wildman–Crippen LogP) is 2.94. The van der Waals surface area contributed by atoms with Crippen molar-refractivity contribution in [3.8, 4) is 11.5 Å². The van der Waals surface area contributed by atoms with Gasteiger partial charge in [0.05, 0.1) is 6.42 Å². The van der Waals surface area contributed by atoms with Crippen molar-refractivity contribution >= 4 is 15.9 Å². The SMILES string of the molecule is NCc1ccccc1Cc1nc(-c2ccc(Br)cn2)no1. The standard InChI is InChI=1S/C15H13BrN4O/c16-12-5-6-13(18-9-12)15-19-14(21-20-15)7-10-3-1-2-4-11(10)8-17/h1-6,9H,7-8,17H2. The van der Waals surface area contributed by atoms with Gasteiger partial charge in [-0.2, -0.15) is 4.98 Å². The molecule has 3 rings (SSSR count). The molecule has 0 radical (unpaired) electrons. The first-order valence-electron chi connectivity index (χ1n) is 6.47. The van der Waals surface area contributed by atoms with E-state index in [1.165, 1.54) is 0 Å². The maximum absolute atomic E-state index is 5.73. The Morgan fingerprint density at radius 2 is 1.90 bits per heavy atom. The summed E-state index contributed by atoms with van der Waals surface area (Å²) in [5.74, 6) is 1.04. The van der Waals surface area contributed by atoms with Gasteiger partial charge in [0.2, 0.25) is 11.7 Å². The van der Waals surface area contributed by atoms with Crippen LogP contribution in [0.2, 0.25) is 0 Å². The summed E-state index contributed by atoms with van der Waals surface area (Å²) in [6.45, 7) is 0.492. The molecule has 0 aliphatic carbocycles. The summed E-state index contributed by atoms with van der Waals surface area (Å²) in [5, 5.41) is 3.97. The van der Waals surface area contributed by atoms with Gasteiger partial charge in [-0.25, -0.2) is 0 Å². The normalized spacial score (nSPS) is 10.8. The van der Waals surface area contributed by atoms with E-state index in [0.29, 0.717) is 30.4 Å². The molecule has 3 aromatic rings. The molecule has 1 aromatic carbocycles. The van der Waals surface area contributed by atoms with Crippen molar-refractivity contribution in [3.05, 3.63) is 64.1 Å². The predicted molar refractivity (Wildman–Crippen MR) is 82.4 cm³/mol.